The molecule has 1 saturated heterocycles. The van der Waals surface area contributed by atoms with Gasteiger partial charge in [-0.1, -0.05) is 11.6 Å². The van der Waals surface area contributed by atoms with Gasteiger partial charge >= 0.3 is 0 Å². The molecule has 8 heteroatoms. The van der Waals surface area contributed by atoms with Crippen LogP contribution in [0, 0.1) is 5.82 Å². The van der Waals surface area contributed by atoms with Crippen molar-refractivity contribution in [1.29, 1.82) is 0 Å². The standard InChI is InChI=1S/C13H18ClFN2O3S/c1-20-11-4-5-17(10(7-11)8-16)21(18,19)13-6-9(15)2-3-12(13)14/h2-3,6,10-11H,4-5,7-8,16H2,1H3. The van der Waals surface area contributed by atoms with Gasteiger partial charge in [0, 0.05) is 26.2 Å². The highest BCUT2D eigenvalue weighted by Gasteiger charge is 2.37. The van der Waals surface area contributed by atoms with Gasteiger partial charge in [0.15, 0.2) is 0 Å². The van der Waals surface area contributed by atoms with Crippen molar-refractivity contribution < 1.29 is 17.5 Å². The Balaban J connectivity index is 2.36. The summed E-state index contributed by atoms with van der Waals surface area (Å²) in [4.78, 5) is -0.224. The molecule has 1 heterocycles. The molecule has 1 aliphatic heterocycles. The largest absolute Gasteiger partial charge is 0.381 e. The molecule has 0 aromatic heterocycles. The van der Waals surface area contributed by atoms with Crippen LogP contribution in [0.15, 0.2) is 23.1 Å². The van der Waals surface area contributed by atoms with E-state index in [-0.39, 0.29) is 35.2 Å². The third-order valence-corrected chi connectivity index (χ3v) is 6.13. The predicted molar refractivity (Wildman–Crippen MR) is 78.2 cm³/mol. The molecule has 5 nitrogen and oxygen atoms in total. The molecule has 0 aliphatic carbocycles. The third-order valence-electron chi connectivity index (χ3n) is 3.70. The number of nitrogens with zero attached hydrogens (tertiary/aromatic N) is 1. The number of hydrogen-bond acceptors (Lipinski definition) is 4. The van der Waals surface area contributed by atoms with Gasteiger partial charge in [-0.2, -0.15) is 4.31 Å². The second-order valence-electron chi connectivity index (χ2n) is 4.96. The minimum atomic E-state index is -3.88. The van der Waals surface area contributed by atoms with E-state index in [2.05, 4.69) is 0 Å². The van der Waals surface area contributed by atoms with Gasteiger partial charge in [0.25, 0.3) is 0 Å². The Morgan fingerprint density at radius 1 is 1.52 bits per heavy atom. The summed E-state index contributed by atoms with van der Waals surface area (Å²) in [7, 11) is -2.29. The SMILES string of the molecule is COC1CCN(S(=O)(=O)c2cc(F)ccc2Cl)C(CN)C1. The quantitative estimate of drug-likeness (QED) is 0.906. The van der Waals surface area contributed by atoms with Crippen molar-refractivity contribution in [2.45, 2.75) is 29.9 Å². The topological polar surface area (TPSA) is 72.6 Å². The van der Waals surface area contributed by atoms with Gasteiger partial charge in [-0.05, 0) is 31.0 Å². The number of ether oxygens (including phenoxy) is 1. The first kappa shape index (κ1) is 16.6. The van der Waals surface area contributed by atoms with E-state index >= 15 is 0 Å². The lowest BCUT2D eigenvalue weighted by molar-refractivity contribution is 0.0401. The van der Waals surface area contributed by atoms with Crippen LogP contribution in [-0.4, -0.2) is 45.1 Å². The zero-order valence-electron chi connectivity index (χ0n) is 11.6. The van der Waals surface area contributed by atoms with E-state index in [9.17, 15) is 12.8 Å². The molecule has 0 amide bonds. The van der Waals surface area contributed by atoms with E-state index in [0.29, 0.717) is 12.8 Å². The van der Waals surface area contributed by atoms with E-state index in [1.807, 2.05) is 0 Å². The average molecular weight is 337 g/mol. The molecule has 2 rings (SSSR count). The lowest BCUT2D eigenvalue weighted by Gasteiger charge is -2.37. The van der Waals surface area contributed by atoms with E-state index in [4.69, 9.17) is 22.1 Å². The van der Waals surface area contributed by atoms with Crippen molar-refractivity contribution in [2.75, 3.05) is 20.2 Å². The van der Waals surface area contributed by atoms with E-state index in [1.165, 1.54) is 10.4 Å². The normalized spacial score (nSPS) is 24.2. The van der Waals surface area contributed by atoms with E-state index in [1.54, 1.807) is 7.11 Å². The molecular weight excluding hydrogens is 319 g/mol. The number of sulfonamides is 1. The van der Waals surface area contributed by atoms with Crippen molar-refractivity contribution >= 4 is 21.6 Å². The number of nitrogens with two attached hydrogens (primary N) is 1. The summed E-state index contributed by atoms with van der Waals surface area (Å²) < 4.78 is 45.3. The fourth-order valence-electron chi connectivity index (χ4n) is 2.54. The Morgan fingerprint density at radius 3 is 2.86 bits per heavy atom. The van der Waals surface area contributed by atoms with Crippen LogP contribution in [0.25, 0.3) is 0 Å². The summed E-state index contributed by atoms with van der Waals surface area (Å²) in [5, 5.41) is 0.000960. The van der Waals surface area contributed by atoms with Gasteiger partial charge < -0.3 is 10.5 Å². The monoisotopic (exact) mass is 336 g/mol. The molecular formula is C13H18ClFN2O3S. The molecule has 1 aromatic carbocycles. The maximum absolute atomic E-state index is 13.4. The van der Waals surface area contributed by atoms with Gasteiger partial charge in [-0.25, -0.2) is 12.8 Å². The lowest BCUT2D eigenvalue weighted by atomic mass is 10.0. The van der Waals surface area contributed by atoms with Gasteiger partial charge in [-0.15, -0.1) is 0 Å². The number of halogens is 2. The Morgan fingerprint density at radius 2 is 2.24 bits per heavy atom. The Labute approximate surface area is 128 Å². The fourth-order valence-corrected chi connectivity index (χ4v) is 4.69. The highest BCUT2D eigenvalue weighted by atomic mass is 35.5. The summed E-state index contributed by atoms with van der Waals surface area (Å²) in [6, 6.07) is 2.92. The van der Waals surface area contributed by atoms with Crippen LogP contribution < -0.4 is 5.73 Å². The Hall–Kier alpha value is -0.730. The molecule has 1 aromatic rings. The number of rotatable bonds is 4. The third kappa shape index (κ3) is 3.37. The summed E-state index contributed by atoms with van der Waals surface area (Å²) in [5.41, 5.74) is 5.68. The maximum Gasteiger partial charge on any atom is 0.244 e. The van der Waals surface area contributed by atoms with Crippen LogP contribution in [0.4, 0.5) is 4.39 Å². The van der Waals surface area contributed by atoms with Crippen LogP contribution in [-0.2, 0) is 14.8 Å². The molecule has 0 saturated carbocycles. The predicted octanol–water partition coefficient (Wildman–Crippen LogP) is 1.61. The first-order chi connectivity index (χ1) is 9.90. The van der Waals surface area contributed by atoms with Crippen molar-refractivity contribution in [3.05, 3.63) is 29.0 Å². The van der Waals surface area contributed by atoms with Crippen LogP contribution in [0.5, 0.6) is 0 Å². The second kappa shape index (κ2) is 6.58. The van der Waals surface area contributed by atoms with Gasteiger partial charge in [0.1, 0.15) is 10.7 Å². The molecule has 1 fully saturated rings. The van der Waals surface area contributed by atoms with Gasteiger partial charge in [0.05, 0.1) is 11.1 Å². The zero-order valence-corrected chi connectivity index (χ0v) is 13.2. The van der Waals surface area contributed by atoms with Gasteiger partial charge in [0.2, 0.25) is 10.0 Å². The smallest absolute Gasteiger partial charge is 0.244 e. The molecule has 0 radical (unpaired) electrons. The molecule has 21 heavy (non-hydrogen) atoms. The highest BCUT2D eigenvalue weighted by Crippen LogP contribution is 2.30. The van der Waals surface area contributed by atoms with Crippen molar-refractivity contribution in [3.63, 3.8) is 0 Å². The average Bonchev–Trinajstić information content (AvgIpc) is 2.48. The molecule has 1 aliphatic rings. The summed E-state index contributed by atoms with van der Waals surface area (Å²) in [6.45, 7) is 0.446. The van der Waals surface area contributed by atoms with Crippen molar-refractivity contribution in [1.82, 2.24) is 4.31 Å². The number of hydrogen-bond donors (Lipinski definition) is 1. The molecule has 2 atom stereocenters. The summed E-state index contributed by atoms with van der Waals surface area (Å²) in [6.07, 6.45) is 1.06. The zero-order chi connectivity index (χ0) is 15.6. The highest BCUT2D eigenvalue weighted by molar-refractivity contribution is 7.89. The molecule has 2 N–H and O–H groups in total. The van der Waals surface area contributed by atoms with Crippen molar-refractivity contribution in [3.8, 4) is 0 Å². The van der Waals surface area contributed by atoms with Crippen LogP contribution in [0.2, 0.25) is 5.02 Å². The fraction of sp³-hybridized carbons (Fsp3) is 0.538. The second-order valence-corrected chi connectivity index (χ2v) is 7.23. The van der Waals surface area contributed by atoms with Crippen LogP contribution in [0.1, 0.15) is 12.8 Å². The number of benzene rings is 1. The molecule has 2 unspecified atom stereocenters. The number of piperidine rings is 1. The van der Waals surface area contributed by atoms with Crippen LogP contribution in [0.3, 0.4) is 0 Å². The summed E-state index contributed by atoms with van der Waals surface area (Å²) in [5.74, 6) is -0.644. The number of methoxy groups -OCH3 is 1. The molecule has 0 spiro atoms. The lowest BCUT2D eigenvalue weighted by Crippen LogP contribution is -2.51. The Bertz CT molecular complexity index is 611. The van der Waals surface area contributed by atoms with Crippen molar-refractivity contribution in [2.24, 2.45) is 5.73 Å². The Kier molecular flexibility index (Phi) is 5.21. The first-order valence-corrected chi connectivity index (χ1v) is 8.41. The minimum absolute atomic E-state index is 0.000960. The van der Waals surface area contributed by atoms with Gasteiger partial charge in [-0.3, -0.25) is 0 Å². The first-order valence-electron chi connectivity index (χ1n) is 6.60. The molecule has 0 bridgehead atoms. The van der Waals surface area contributed by atoms with E-state index < -0.39 is 15.8 Å². The van der Waals surface area contributed by atoms with E-state index in [0.717, 1.165) is 12.1 Å². The summed E-state index contributed by atoms with van der Waals surface area (Å²) >= 11 is 5.92. The minimum Gasteiger partial charge on any atom is -0.381 e. The maximum atomic E-state index is 13.4. The van der Waals surface area contributed by atoms with Crippen LogP contribution >= 0.6 is 11.6 Å². The molecule has 118 valence electrons.